The van der Waals surface area contributed by atoms with Gasteiger partial charge in [0.1, 0.15) is 0 Å². The van der Waals surface area contributed by atoms with Gasteiger partial charge in [-0.2, -0.15) is 5.10 Å². The predicted octanol–water partition coefficient (Wildman–Crippen LogP) is 3.66. The van der Waals surface area contributed by atoms with Crippen LogP contribution in [-0.4, -0.2) is 9.78 Å². The molecule has 3 rings (SSSR count). The molecule has 0 saturated carbocycles. The zero-order valence-corrected chi connectivity index (χ0v) is 12.4. The molecule has 106 valence electrons. The SMILES string of the molecule is Cc1cc(N)cc(C)c1Cc1ccc(-n2cccn2)cc1. The number of hydrogen-bond donors (Lipinski definition) is 1. The molecular weight excluding hydrogens is 258 g/mol. The van der Waals surface area contributed by atoms with Crippen molar-refractivity contribution in [3.05, 3.63) is 77.1 Å². The van der Waals surface area contributed by atoms with Crippen LogP contribution in [0.15, 0.2) is 54.9 Å². The summed E-state index contributed by atoms with van der Waals surface area (Å²) in [7, 11) is 0. The van der Waals surface area contributed by atoms with E-state index in [2.05, 4.69) is 43.2 Å². The lowest BCUT2D eigenvalue weighted by atomic mass is 9.95. The zero-order valence-electron chi connectivity index (χ0n) is 12.4. The molecule has 2 aromatic carbocycles. The van der Waals surface area contributed by atoms with Crippen LogP contribution in [0.2, 0.25) is 0 Å². The van der Waals surface area contributed by atoms with Crippen molar-refractivity contribution >= 4 is 5.69 Å². The van der Waals surface area contributed by atoms with Crippen LogP contribution in [0.4, 0.5) is 5.69 Å². The Morgan fingerprint density at radius 1 is 1.05 bits per heavy atom. The van der Waals surface area contributed by atoms with Gasteiger partial charge in [0, 0.05) is 18.1 Å². The third kappa shape index (κ3) is 2.82. The molecule has 0 atom stereocenters. The van der Waals surface area contributed by atoms with E-state index in [1.807, 2.05) is 29.1 Å². The van der Waals surface area contributed by atoms with E-state index >= 15 is 0 Å². The van der Waals surface area contributed by atoms with Crippen LogP contribution in [0, 0.1) is 13.8 Å². The van der Waals surface area contributed by atoms with Crippen LogP contribution in [0.3, 0.4) is 0 Å². The maximum absolute atomic E-state index is 5.89. The minimum absolute atomic E-state index is 0.836. The Balaban J connectivity index is 1.86. The van der Waals surface area contributed by atoms with Crippen LogP contribution in [-0.2, 0) is 6.42 Å². The first kappa shape index (κ1) is 13.4. The van der Waals surface area contributed by atoms with Gasteiger partial charge >= 0.3 is 0 Å². The smallest absolute Gasteiger partial charge is 0.0645 e. The van der Waals surface area contributed by atoms with Gasteiger partial charge in [-0.25, -0.2) is 4.68 Å². The number of aryl methyl sites for hydroxylation is 2. The van der Waals surface area contributed by atoms with Crippen molar-refractivity contribution in [3.8, 4) is 5.69 Å². The Bertz CT molecular complexity index is 718. The molecule has 1 aromatic heterocycles. The summed E-state index contributed by atoms with van der Waals surface area (Å²) in [6.45, 7) is 4.24. The van der Waals surface area contributed by atoms with Gasteiger partial charge in [-0.1, -0.05) is 12.1 Å². The molecule has 21 heavy (non-hydrogen) atoms. The van der Waals surface area contributed by atoms with E-state index < -0.39 is 0 Å². The van der Waals surface area contributed by atoms with Gasteiger partial charge in [0.2, 0.25) is 0 Å². The van der Waals surface area contributed by atoms with E-state index in [4.69, 9.17) is 5.73 Å². The number of nitrogens with two attached hydrogens (primary N) is 1. The molecule has 0 radical (unpaired) electrons. The monoisotopic (exact) mass is 277 g/mol. The Hall–Kier alpha value is -2.55. The van der Waals surface area contributed by atoms with Gasteiger partial charge in [-0.3, -0.25) is 0 Å². The van der Waals surface area contributed by atoms with Gasteiger partial charge in [-0.05, 0) is 72.9 Å². The number of benzene rings is 2. The van der Waals surface area contributed by atoms with Crippen molar-refractivity contribution in [2.24, 2.45) is 0 Å². The Kier molecular flexibility index (Phi) is 3.48. The summed E-state index contributed by atoms with van der Waals surface area (Å²) >= 11 is 0. The number of rotatable bonds is 3. The lowest BCUT2D eigenvalue weighted by Crippen LogP contribution is -1.99. The van der Waals surface area contributed by atoms with E-state index in [1.165, 1.54) is 22.3 Å². The maximum Gasteiger partial charge on any atom is 0.0645 e. The van der Waals surface area contributed by atoms with Crippen molar-refractivity contribution < 1.29 is 0 Å². The summed E-state index contributed by atoms with van der Waals surface area (Å²) in [5.74, 6) is 0. The van der Waals surface area contributed by atoms with Crippen molar-refractivity contribution in [2.75, 3.05) is 5.73 Å². The highest BCUT2D eigenvalue weighted by Crippen LogP contribution is 2.22. The Morgan fingerprint density at radius 3 is 2.29 bits per heavy atom. The van der Waals surface area contributed by atoms with Crippen LogP contribution in [0.5, 0.6) is 0 Å². The topological polar surface area (TPSA) is 43.8 Å². The van der Waals surface area contributed by atoms with Gasteiger partial charge in [0.05, 0.1) is 5.69 Å². The molecule has 0 unspecified atom stereocenters. The Morgan fingerprint density at radius 2 is 1.71 bits per heavy atom. The summed E-state index contributed by atoms with van der Waals surface area (Å²) < 4.78 is 1.86. The average molecular weight is 277 g/mol. The molecule has 0 bridgehead atoms. The first-order chi connectivity index (χ1) is 10.1. The first-order valence-electron chi connectivity index (χ1n) is 7.08. The summed E-state index contributed by atoms with van der Waals surface area (Å²) in [6.07, 6.45) is 4.66. The molecule has 2 N–H and O–H groups in total. The van der Waals surface area contributed by atoms with Crippen molar-refractivity contribution in [1.82, 2.24) is 9.78 Å². The van der Waals surface area contributed by atoms with Crippen LogP contribution in [0.25, 0.3) is 5.69 Å². The second-order valence-corrected chi connectivity index (χ2v) is 5.43. The summed E-state index contributed by atoms with van der Waals surface area (Å²) in [4.78, 5) is 0. The normalized spacial score (nSPS) is 10.8. The highest BCUT2D eigenvalue weighted by molar-refractivity contribution is 5.50. The highest BCUT2D eigenvalue weighted by Gasteiger charge is 2.06. The molecule has 3 heteroatoms. The third-order valence-corrected chi connectivity index (χ3v) is 3.80. The number of nitrogens with zero attached hydrogens (tertiary/aromatic N) is 2. The van der Waals surface area contributed by atoms with E-state index in [0.29, 0.717) is 0 Å². The van der Waals surface area contributed by atoms with Crippen molar-refractivity contribution in [3.63, 3.8) is 0 Å². The van der Waals surface area contributed by atoms with Gasteiger partial charge in [-0.15, -0.1) is 0 Å². The third-order valence-electron chi connectivity index (χ3n) is 3.80. The fourth-order valence-electron chi connectivity index (χ4n) is 2.70. The second-order valence-electron chi connectivity index (χ2n) is 5.43. The van der Waals surface area contributed by atoms with Crippen molar-refractivity contribution in [1.29, 1.82) is 0 Å². The molecule has 1 heterocycles. The first-order valence-corrected chi connectivity index (χ1v) is 7.08. The average Bonchev–Trinajstić information content (AvgIpc) is 2.97. The molecule has 3 aromatic rings. The lowest BCUT2D eigenvalue weighted by molar-refractivity contribution is 0.879. The second kappa shape index (κ2) is 5.44. The molecular formula is C18H19N3. The number of nitrogen functional groups attached to an aromatic ring is 1. The molecule has 0 aliphatic rings. The van der Waals surface area contributed by atoms with E-state index in [9.17, 15) is 0 Å². The van der Waals surface area contributed by atoms with Crippen LogP contribution < -0.4 is 5.73 Å². The molecule has 3 nitrogen and oxygen atoms in total. The van der Waals surface area contributed by atoms with E-state index in [0.717, 1.165) is 17.8 Å². The number of hydrogen-bond acceptors (Lipinski definition) is 2. The van der Waals surface area contributed by atoms with Crippen LogP contribution >= 0.6 is 0 Å². The molecule has 0 amide bonds. The fourth-order valence-corrected chi connectivity index (χ4v) is 2.70. The minimum Gasteiger partial charge on any atom is -0.399 e. The van der Waals surface area contributed by atoms with E-state index in [-0.39, 0.29) is 0 Å². The summed E-state index contributed by atoms with van der Waals surface area (Å²) in [5.41, 5.74) is 13.0. The van der Waals surface area contributed by atoms with Gasteiger partial charge in [0.25, 0.3) is 0 Å². The largest absolute Gasteiger partial charge is 0.399 e. The minimum atomic E-state index is 0.836. The molecule has 0 fully saturated rings. The molecule has 0 aliphatic carbocycles. The highest BCUT2D eigenvalue weighted by atomic mass is 15.3. The molecule has 0 aliphatic heterocycles. The number of anilines is 1. The van der Waals surface area contributed by atoms with Crippen LogP contribution in [0.1, 0.15) is 22.3 Å². The summed E-state index contributed by atoms with van der Waals surface area (Å²) in [5, 5.41) is 4.24. The lowest BCUT2D eigenvalue weighted by Gasteiger charge is -2.12. The van der Waals surface area contributed by atoms with Gasteiger partial charge in [0.15, 0.2) is 0 Å². The number of aromatic nitrogens is 2. The Labute approximate surface area is 125 Å². The van der Waals surface area contributed by atoms with E-state index in [1.54, 1.807) is 6.20 Å². The summed E-state index contributed by atoms with van der Waals surface area (Å²) in [6, 6.07) is 14.5. The van der Waals surface area contributed by atoms with Gasteiger partial charge < -0.3 is 5.73 Å². The standard InChI is InChI=1S/C18H19N3/c1-13-10-16(19)11-14(2)18(13)12-15-4-6-17(7-5-15)21-9-3-8-20-21/h3-11H,12,19H2,1-2H3. The molecule has 0 spiro atoms. The maximum atomic E-state index is 5.89. The quantitative estimate of drug-likeness (QED) is 0.742. The molecule has 0 saturated heterocycles. The zero-order chi connectivity index (χ0) is 14.8. The predicted molar refractivity (Wildman–Crippen MR) is 86.7 cm³/mol. The fraction of sp³-hybridized carbons (Fsp3) is 0.167. The van der Waals surface area contributed by atoms with Crippen molar-refractivity contribution in [2.45, 2.75) is 20.3 Å².